The average molecular weight is 481 g/mol. The van der Waals surface area contributed by atoms with E-state index in [1.165, 1.54) is 11.8 Å². The Morgan fingerprint density at radius 2 is 1.87 bits per heavy atom. The molecule has 166 valence electrons. The van der Waals surface area contributed by atoms with Crippen molar-refractivity contribution in [1.29, 1.82) is 0 Å². The first-order chi connectivity index (χ1) is 14.8. The van der Waals surface area contributed by atoms with Crippen molar-refractivity contribution in [3.05, 3.63) is 58.1 Å². The summed E-state index contributed by atoms with van der Waals surface area (Å²) in [5, 5.41) is 1.16. The summed E-state index contributed by atoms with van der Waals surface area (Å²) >= 11 is 13.9. The molecule has 2 aromatic rings. The molecular formula is C23H26Cl2N2O3S. The number of ether oxygens (including phenoxy) is 1. The molecule has 0 unspecified atom stereocenters. The summed E-state index contributed by atoms with van der Waals surface area (Å²) in [6.07, 6.45) is 0. The number of carbonyl (C=O) groups is 2. The molecule has 1 heterocycles. The number of esters is 1. The first-order valence-electron chi connectivity index (χ1n) is 10.2. The molecule has 31 heavy (non-hydrogen) atoms. The molecule has 1 fully saturated rings. The topological polar surface area (TPSA) is 49.9 Å². The van der Waals surface area contributed by atoms with Crippen LogP contribution in [-0.2, 0) is 9.53 Å². The molecular weight excluding hydrogens is 455 g/mol. The van der Waals surface area contributed by atoms with Crippen molar-refractivity contribution in [2.75, 3.05) is 30.3 Å². The number of hydrogen-bond donors (Lipinski definition) is 0. The van der Waals surface area contributed by atoms with Crippen LogP contribution in [0.5, 0.6) is 0 Å². The second-order valence-corrected chi connectivity index (χ2v) is 9.25. The lowest BCUT2D eigenvalue weighted by molar-refractivity contribution is -0.139. The number of hydrogen-bond acceptors (Lipinski definition) is 5. The molecule has 1 aliphatic heterocycles. The van der Waals surface area contributed by atoms with Gasteiger partial charge in [0.05, 0.1) is 17.4 Å². The van der Waals surface area contributed by atoms with Gasteiger partial charge in [-0.05, 0) is 57.2 Å². The highest BCUT2D eigenvalue weighted by Gasteiger charge is 2.34. The van der Waals surface area contributed by atoms with Crippen molar-refractivity contribution >= 4 is 52.5 Å². The van der Waals surface area contributed by atoms with Crippen LogP contribution >= 0.6 is 35.0 Å². The van der Waals surface area contributed by atoms with Crippen molar-refractivity contribution in [2.45, 2.75) is 37.8 Å². The van der Waals surface area contributed by atoms with E-state index in [-0.39, 0.29) is 29.7 Å². The molecule has 2 aromatic carbocycles. The number of benzene rings is 2. The van der Waals surface area contributed by atoms with Crippen LogP contribution in [0.4, 0.5) is 5.69 Å². The summed E-state index contributed by atoms with van der Waals surface area (Å²) in [5.74, 6) is -0.154. The summed E-state index contributed by atoms with van der Waals surface area (Å²) in [6, 6.07) is 13.2. The molecule has 8 heteroatoms. The van der Waals surface area contributed by atoms with Crippen LogP contribution in [-0.4, -0.2) is 54.3 Å². The first kappa shape index (κ1) is 23.8. The summed E-state index contributed by atoms with van der Waals surface area (Å²) < 4.78 is 4.94. The largest absolute Gasteiger partial charge is 0.465 e. The number of thioether (sulfide) groups is 1. The van der Waals surface area contributed by atoms with Crippen molar-refractivity contribution in [2.24, 2.45) is 0 Å². The highest BCUT2D eigenvalue weighted by molar-refractivity contribution is 8.00. The van der Waals surface area contributed by atoms with Crippen LogP contribution in [0.15, 0.2) is 47.4 Å². The number of piperazine rings is 1. The van der Waals surface area contributed by atoms with E-state index < -0.39 is 0 Å². The fourth-order valence-electron chi connectivity index (χ4n) is 3.71. The van der Waals surface area contributed by atoms with Gasteiger partial charge >= 0.3 is 5.97 Å². The van der Waals surface area contributed by atoms with E-state index in [1.54, 1.807) is 25.1 Å². The second kappa shape index (κ2) is 10.6. The van der Waals surface area contributed by atoms with Crippen LogP contribution in [0.2, 0.25) is 10.0 Å². The standard InChI is InChI=1S/C23H26Cl2N2O3S/c1-4-30-22(28)14-31-21-9-8-17(12-20(21)25)23(29)27-11-10-26(15(2)16(27)3)19-7-5-6-18(24)13-19/h5-9,12-13,15-16H,4,10-11,14H2,1-3H3/t15-,16-/m1/s1. The van der Waals surface area contributed by atoms with Gasteiger partial charge in [0.2, 0.25) is 0 Å². The summed E-state index contributed by atoms with van der Waals surface area (Å²) in [6.45, 7) is 7.62. The van der Waals surface area contributed by atoms with Crippen LogP contribution < -0.4 is 4.90 Å². The second-order valence-electron chi connectivity index (χ2n) is 7.39. The molecule has 1 saturated heterocycles. The van der Waals surface area contributed by atoms with E-state index >= 15 is 0 Å². The SMILES string of the molecule is CCOC(=O)CSc1ccc(C(=O)N2CCN(c3cccc(Cl)c3)[C@H](C)[C@H]2C)cc1Cl. The van der Waals surface area contributed by atoms with Gasteiger partial charge in [-0.15, -0.1) is 11.8 Å². The van der Waals surface area contributed by atoms with E-state index in [0.29, 0.717) is 28.8 Å². The number of rotatable bonds is 6. The zero-order valence-corrected chi connectivity index (χ0v) is 20.1. The number of anilines is 1. The number of carbonyl (C=O) groups excluding carboxylic acids is 2. The van der Waals surface area contributed by atoms with Crippen LogP contribution in [0, 0.1) is 0 Å². The molecule has 2 atom stereocenters. The zero-order valence-electron chi connectivity index (χ0n) is 17.8. The molecule has 0 bridgehead atoms. The van der Waals surface area contributed by atoms with Gasteiger partial charge in [-0.2, -0.15) is 0 Å². The Bertz CT molecular complexity index is 956. The maximum atomic E-state index is 13.2. The summed E-state index contributed by atoms with van der Waals surface area (Å²) in [4.78, 5) is 29.7. The Kier molecular flexibility index (Phi) is 8.14. The van der Waals surface area contributed by atoms with Gasteiger partial charge in [0.15, 0.2) is 0 Å². The number of halogens is 2. The normalized spacial score (nSPS) is 18.7. The van der Waals surface area contributed by atoms with Crippen LogP contribution in [0.1, 0.15) is 31.1 Å². The molecule has 1 amide bonds. The minimum absolute atomic E-state index is 0.0110. The van der Waals surface area contributed by atoms with E-state index in [2.05, 4.69) is 18.7 Å². The third-order valence-electron chi connectivity index (χ3n) is 5.49. The first-order valence-corrected chi connectivity index (χ1v) is 12.0. The summed E-state index contributed by atoms with van der Waals surface area (Å²) in [5.41, 5.74) is 1.60. The van der Waals surface area contributed by atoms with Gasteiger partial charge in [0, 0.05) is 46.3 Å². The monoisotopic (exact) mass is 480 g/mol. The molecule has 0 N–H and O–H groups in total. The lowest BCUT2D eigenvalue weighted by Gasteiger charge is -2.46. The van der Waals surface area contributed by atoms with Gasteiger partial charge in [-0.1, -0.05) is 29.3 Å². The average Bonchev–Trinajstić information content (AvgIpc) is 2.74. The van der Waals surface area contributed by atoms with Crippen molar-refractivity contribution in [1.82, 2.24) is 4.90 Å². The molecule has 0 saturated carbocycles. The highest BCUT2D eigenvalue weighted by atomic mass is 35.5. The maximum Gasteiger partial charge on any atom is 0.316 e. The van der Waals surface area contributed by atoms with Crippen molar-refractivity contribution in [3.63, 3.8) is 0 Å². The molecule has 0 spiro atoms. The Balaban J connectivity index is 1.69. The van der Waals surface area contributed by atoms with Gasteiger partial charge < -0.3 is 14.5 Å². The zero-order chi connectivity index (χ0) is 22.5. The van der Waals surface area contributed by atoms with Gasteiger partial charge in [-0.3, -0.25) is 9.59 Å². The van der Waals surface area contributed by atoms with Gasteiger partial charge in [0.25, 0.3) is 5.91 Å². The van der Waals surface area contributed by atoms with Crippen molar-refractivity contribution < 1.29 is 14.3 Å². The van der Waals surface area contributed by atoms with Gasteiger partial charge in [0.1, 0.15) is 0 Å². The fourth-order valence-corrected chi connectivity index (χ4v) is 4.95. The lowest BCUT2D eigenvalue weighted by Crippen LogP contribution is -2.59. The number of nitrogens with zero attached hydrogens (tertiary/aromatic N) is 2. The third-order valence-corrected chi connectivity index (χ3v) is 7.20. The molecule has 0 aromatic heterocycles. The van der Waals surface area contributed by atoms with Crippen LogP contribution in [0.25, 0.3) is 0 Å². The molecule has 1 aliphatic rings. The van der Waals surface area contributed by atoms with Gasteiger partial charge in [-0.25, -0.2) is 0 Å². The number of amides is 1. The molecule has 3 rings (SSSR count). The predicted octanol–water partition coefficient (Wildman–Crippen LogP) is 5.39. The molecule has 5 nitrogen and oxygen atoms in total. The highest BCUT2D eigenvalue weighted by Crippen LogP contribution is 2.31. The lowest BCUT2D eigenvalue weighted by atomic mass is 10.0. The quantitative estimate of drug-likeness (QED) is 0.409. The Labute approximate surface area is 197 Å². The Morgan fingerprint density at radius 3 is 2.55 bits per heavy atom. The predicted molar refractivity (Wildman–Crippen MR) is 128 cm³/mol. The fraction of sp³-hybridized carbons (Fsp3) is 0.391. The van der Waals surface area contributed by atoms with E-state index in [9.17, 15) is 9.59 Å². The Morgan fingerprint density at radius 1 is 1.10 bits per heavy atom. The smallest absolute Gasteiger partial charge is 0.316 e. The molecule has 0 aliphatic carbocycles. The minimum Gasteiger partial charge on any atom is -0.465 e. The van der Waals surface area contributed by atoms with E-state index in [0.717, 1.165) is 17.1 Å². The minimum atomic E-state index is -0.288. The van der Waals surface area contributed by atoms with E-state index in [1.807, 2.05) is 29.2 Å². The van der Waals surface area contributed by atoms with Crippen molar-refractivity contribution in [3.8, 4) is 0 Å². The van der Waals surface area contributed by atoms with Crippen LogP contribution in [0.3, 0.4) is 0 Å². The van der Waals surface area contributed by atoms with E-state index in [4.69, 9.17) is 27.9 Å². The summed E-state index contributed by atoms with van der Waals surface area (Å²) in [7, 11) is 0. The Hall–Kier alpha value is -1.89. The maximum absolute atomic E-state index is 13.2. The third kappa shape index (κ3) is 5.68. The molecule has 0 radical (unpaired) electrons.